The molecule has 5 nitrogen and oxygen atoms in total. The highest BCUT2D eigenvalue weighted by atomic mass is 35.5. The Labute approximate surface area is 103 Å². The Morgan fingerprint density at radius 1 is 1.59 bits per heavy atom. The number of carbonyl (C=O) groups is 2. The normalized spacial score (nSPS) is 11.1. The van der Waals surface area contributed by atoms with E-state index in [0.717, 1.165) is 6.08 Å². The summed E-state index contributed by atoms with van der Waals surface area (Å²) in [6.07, 6.45) is 1.94. The molecule has 0 aliphatic rings. The highest BCUT2D eigenvalue weighted by Crippen LogP contribution is 2.19. The molecule has 1 aromatic heterocycles. The summed E-state index contributed by atoms with van der Waals surface area (Å²) < 4.78 is 4.32. The molecule has 1 rings (SSSR count). The van der Waals surface area contributed by atoms with Gasteiger partial charge in [-0.25, -0.2) is 4.98 Å². The van der Waals surface area contributed by atoms with Crippen LogP contribution in [0, 0.1) is 0 Å². The number of aromatic nitrogens is 1. The summed E-state index contributed by atoms with van der Waals surface area (Å²) in [7, 11) is 1.18. The average Bonchev–Trinajstić information content (AvgIpc) is 2.29. The highest BCUT2D eigenvalue weighted by Gasteiger charge is 2.11. The van der Waals surface area contributed by atoms with Crippen LogP contribution >= 0.6 is 11.6 Å². The van der Waals surface area contributed by atoms with Crippen LogP contribution in [0.5, 0.6) is 0 Å². The van der Waals surface area contributed by atoms with Gasteiger partial charge in [-0.2, -0.15) is 0 Å². The van der Waals surface area contributed by atoms with Crippen LogP contribution in [0.2, 0.25) is 5.15 Å². The number of carbonyl (C=O) groups excluding carboxylic acids is 2. The average molecular weight is 256 g/mol. The first-order valence-electron chi connectivity index (χ1n) is 4.65. The predicted molar refractivity (Wildman–Crippen MR) is 61.5 cm³/mol. The first-order valence-corrected chi connectivity index (χ1v) is 5.03. The molecule has 0 fully saturated rings. The van der Waals surface area contributed by atoms with Gasteiger partial charge in [-0.1, -0.05) is 11.6 Å². The molecule has 6 heteroatoms. The molecule has 90 valence electrons. The van der Waals surface area contributed by atoms with Crippen molar-refractivity contribution in [1.29, 1.82) is 0 Å². The maximum absolute atomic E-state index is 11.3. The first-order chi connectivity index (χ1) is 8.04. The number of ketones is 1. The molecular weight excluding hydrogens is 246 g/mol. The topological polar surface area (TPSA) is 76.5 Å². The molecule has 1 aromatic rings. The number of esters is 1. The predicted octanol–water partition coefficient (Wildman–Crippen LogP) is 1.77. The van der Waals surface area contributed by atoms with Crippen molar-refractivity contribution in [2.24, 2.45) is 0 Å². The molecule has 0 saturated carbocycles. The molecule has 0 spiro atoms. The van der Waals surface area contributed by atoms with Crippen LogP contribution in [0.1, 0.15) is 12.0 Å². The molecule has 0 aliphatic carbocycles. The van der Waals surface area contributed by atoms with E-state index in [1.165, 1.54) is 19.4 Å². The zero-order valence-electron chi connectivity index (χ0n) is 9.01. The third kappa shape index (κ3) is 3.88. The van der Waals surface area contributed by atoms with Crippen LogP contribution in [0.25, 0.3) is 5.76 Å². The quantitative estimate of drug-likeness (QED) is 0.292. The summed E-state index contributed by atoms with van der Waals surface area (Å²) in [6.45, 7) is 0. The van der Waals surface area contributed by atoms with Gasteiger partial charge in [0.25, 0.3) is 0 Å². The molecule has 0 aromatic carbocycles. The number of aliphatic hydroxyl groups excluding tert-OH is 1. The lowest BCUT2D eigenvalue weighted by Crippen LogP contribution is -2.07. The van der Waals surface area contributed by atoms with E-state index >= 15 is 0 Å². The molecule has 0 radical (unpaired) electrons. The number of hydrogen-bond donors (Lipinski definition) is 1. The van der Waals surface area contributed by atoms with E-state index in [1.807, 2.05) is 0 Å². The van der Waals surface area contributed by atoms with Gasteiger partial charge in [0.1, 0.15) is 17.3 Å². The second-order valence-electron chi connectivity index (χ2n) is 3.09. The second kappa shape index (κ2) is 6.00. The number of allylic oxidation sites excluding steroid dienone is 1. The van der Waals surface area contributed by atoms with Crippen LogP contribution in [0.3, 0.4) is 0 Å². The van der Waals surface area contributed by atoms with Crippen molar-refractivity contribution in [1.82, 2.24) is 4.98 Å². The standard InChI is InChI=1S/C11H10ClNO4/c1-17-10(16)6-7(14)5-9(15)8-3-2-4-13-11(8)12/h2-5,15H,6H2,1H3/b9-5-. The van der Waals surface area contributed by atoms with Gasteiger partial charge < -0.3 is 9.84 Å². The van der Waals surface area contributed by atoms with E-state index in [4.69, 9.17) is 11.6 Å². The summed E-state index contributed by atoms with van der Waals surface area (Å²) in [4.78, 5) is 25.9. The van der Waals surface area contributed by atoms with Gasteiger partial charge in [0.2, 0.25) is 0 Å². The zero-order valence-corrected chi connectivity index (χ0v) is 9.77. The Bertz CT molecular complexity index is 470. The summed E-state index contributed by atoms with van der Waals surface area (Å²) in [6, 6.07) is 3.07. The fourth-order valence-electron chi connectivity index (χ4n) is 1.07. The van der Waals surface area contributed by atoms with E-state index < -0.39 is 18.2 Å². The zero-order chi connectivity index (χ0) is 12.8. The minimum absolute atomic E-state index is 0.0760. The monoisotopic (exact) mass is 255 g/mol. The van der Waals surface area contributed by atoms with Crippen LogP contribution in [-0.4, -0.2) is 29.0 Å². The van der Waals surface area contributed by atoms with E-state index in [2.05, 4.69) is 9.72 Å². The minimum Gasteiger partial charge on any atom is -0.507 e. The lowest BCUT2D eigenvalue weighted by molar-refractivity contribution is -0.142. The van der Waals surface area contributed by atoms with Gasteiger partial charge in [0, 0.05) is 12.3 Å². The third-order valence-electron chi connectivity index (χ3n) is 1.88. The van der Waals surface area contributed by atoms with E-state index in [0.29, 0.717) is 0 Å². The Hall–Kier alpha value is -1.88. The molecule has 1 heterocycles. The molecule has 0 bridgehead atoms. The summed E-state index contributed by atoms with van der Waals surface area (Å²) in [5.74, 6) is -1.58. The molecule has 0 saturated heterocycles. The number of rotatable bonds is 4. The van der Waals surface area contributed by atoms with Crippen molar-refractivity contribution >= 4 is 29.1 Å². The van der Waals surface area contributed by atoms with Crippen molar-refractivity contribution in [2.45, 2.75) is 6.42 Å². The van der Waals surface area contributed by atoms with Crippen LogP contribution in [-0.2, 0) is 14.3 Å². The van der Waals surface area contributed by atoms with Gasteiger partial charge in [0.15, 0.2) is 5.78 Å². The third-order valence-corrected chi connectivity index (χ3v) is 2.18. The molecule has 0 aliphatic heterocycles. The number of pyridine rings is 1. The molecule has 17 heavy (non-hydrogen) atoms. The number of halogens is 1. The smallest absolute Gasteiger partial charge is 0.313 e. The Morgan fingerprint density at radius 2 is 2.29 bits per heavy atom. The molecule has 0 atom stereocenters. The lowest BCUT2D eigenvalue weighted by Gasteiger charge is -2.01. The van der Waals surface area contributed by atoms with Crippen molar-refractivity contribution in [3.63, 3.8) is 0 Å². The van der Waals surface area contributed by atoms with Crippen LogP contribution in [0.4, 0.5) is 0 Å². The Morgan fingerprint density at radius 3 is 2.88 bits per heavy atom. The molecule has 0 amide bonds. The van der Waals surface area contributed by atoms with Gasteiger partial charge in [0.05, 0.1) is 12.7 Å². The van der Waals surface area contributed by atoms with Gasteiger partial charge in [-0.05, 0) is 12.1 Å². The highest BCUT2D eigenvalue weighted by molar-refractivity contribution is 6.31. The fourth-order valence-corrected chi connectivity index (χ4v) is 1.29. The first kappa shape index (κ1) is 13.2. The van der Waals surface area contributed by atoms with E-state index in [9.17, 15) is 14.7 Å². The number of hydrogen-bond acceptors (Lipinski definition) is 5. The molecule has 1 N–H and O–H groups in total. The number of aliphatic hydroxyl groups is 1. The summed E-state index contributed by atoms with van der Waals surface area (Å²) in [5, 5.41) is 9.70. The second-order valence-corrected chi connectivity index (χ2v) is 3.45. The van der Waals surface area contributed by atoms with Crippen molar-refractivity contribution in [2.75, 3.05) is 7.11 Å². The van der Waals surface area contributed by atoms with Crippen molar-refractivity contribution < 1.29 is 19.4 Å². The minimum atomic E-state index is -0.670. The van der Waals surface area contributed by atoms with Crippen molar-refractivity contribution in [3.8, 4) is 0 Å². The number of nitrogens with zero attached hydrogens (tertiary/aromatic N) is 1. The largest absolute Gasteiger partial charge is 0.507 e. The summed E-state index contributed by atoms with van der Waals surface area (Å²) >= 11 is 5.72. The van der Waals surface area contributed by atoms with E-state index in [-0.39, 0.29) is 16.5 Å². The van der Waals surface area contributed by atoms with Gasteiger partial charge in [-0.15, -0.1) is 0 Å². The SMILES string of the molecule is COC(=O)CC(=O)/C=C(\O)c1cccnc1Cl. The lowest BCUT2D eigenvalue weighted by atomic mass is 10.2. The van der Waals surface area contributed by atoms with Crippen LogP contribution < -0.4 is 0 Å². The summed E-state index contributed by atoms with van der Waals surface area (Å²) in [5.41, 5.74) is 0.229. The maximum Gasteiger partial charge on any atom is 0.313 e. The number of methoxy groups -OCH3 is 1. The van der Waals surface area contributed by atoms with Crippen molar-refractivity contribution in [3.05, 3.63) is 35.1 Å². The van der Waals surface area contributed by atoms with Gasteiger partial charge in [-0.3, -0.25) is 9.59 Å². The fraction of sp³-hybridized carbons (Fsp3) is 0.182. The Balaban J connectivity index is 2.83. The molecule has 0 unspecified atom stereocenters. The maximum atomic E-state index is 11.3. The van der Waals surface area contributed by atoms with E-state index in [1.54, 1.807) is 6.07 Å². The van der Waals surface area contributed by atoms with Crippen LogP contribution in [0.15, 0.2) is 24.4 Å². The molecular formula is C11H10ClNO4. The number of ether oxygens (including phenoxy) is 1. The van der Waals surface area contributed by atoms with Gasteiger partial charge >= 0.3 is 5.97 Å². The Kier molecular flexibility index (Phi) is 4.66.